The lowest BCUT2D eigenvalue weighted by Crippen LogP contribution is -2.28. The first-order valence-electron chi connectivity index (χ1n) is 10.9. The maximum Gasteiger partial charge on any atom is 0.211 e. The van der Waals surface area contributed by atoms with E-state index in [1.807, 2.05) is 0 Å². The normalized spacial score (nSPS) is 11.5. The van der Waals surface area contributed by atoms with Crippen LogP contribution in [0.25, 0.3) is 5.65 Å². The van der Waals surface area contributed by atoms with E-state index < -0.39 is 5.82 Å². The van der Waals surface area contributed by atoms with Gasteiger partial charge in [-0.25, -0.2) is 9.37 Å². The molecule has 0 saturated carbocycles. The molecule has 0 radical (unpaired) electrons. The number of carbonyl (C=O) groups is 1. The number of carbonyl (C=O) groups excluding carboxylic acids is 1. The Bertz CT molecular complexity index is 1070. The summed E-state index contributed by atoms with van der Waals surface area (Å²) in [6, 6.07) is 6.46. The first-order chi connectivity index (χ1) is 15.4. The van der Waals surface area contributed by atoms with E-state index in [-0.39, 0.29) is 5.78 Å². The van der Waals surface area contributed by atoms with Crippen molar-refractivity contribution in [2.24, 2.45) is 0 Å². The van der Waals surface area contributed by atoms with E-state index >= 15 is 0 Å². The summed E-state index contributed by atoms with van der Waals surface area (Å²) < 4.78 is 22.9. The summed E-state index contributed by atoms with van der Waals surface area (Å²) in [5.74, 6) is 0.0414. The molecule has 3 aromatic rings. The quantitative estimate of drug-likeness (QED) is 0.255. The topological polar surface area (TPSA) is 46.8 Å². The van der Waals surface area contributed by atoms with Gasteiger partial charge < -0.3 is 9.64 Å². The molecule has 0 N–H and O–H groups in total. The fraction of sp³-hybridized carbons (Fsp3) is 0.417. The van der Waals surface area contributed by atoms with Gasteiger partial charge in [0.15, 0.2) is 0 Å². The molecule has 0 aliphatic carbocycles. The molecule has 172 valence electrons. The van der Waals surface area contributed by atoms with Gasteiger partial charge in [-0.2, -0.15) is 0 Å². The zero-order valence-corrected chi connectivity index (χ0v) is 21.8. The highest BCUT2D eigenvalue weighted by Gasteiger charge is 2.23. The zero-order valence-electron chi connectivity index (χ0n) is 18.6. The van der Waals surface area contributed by atoms with Crippen LogP contribution in [0.2, 0.25) is 0 Å². The minimum absolute atomic E-state index is 0.203. The van der Waals surface area contributed by atoms with Crippen LogP contribution in [0.15, 0.2) is 39.4 Å². The van der Waals surface area contributed by atoms with Crippen LogP contribution in [0.1, 0.15) is 55.4 Å². The smallest absolute Gasteiger partial charge is 0.211 e. The van der Waals surface area contributed by atoms with E-state index in [0.29, 0.717) is 50.3 Å². The summed E-state index contributed by atoms with van der Waals surface area (Å²) >= 11 is 7.10. The number of likely N-dealkylation sites (N-methyl/N-ethyl adjacent to an activating group) is 1. The van der Waals surface area contributed by atoms with Crippen molar-refractivity contribution in [1.82, 2.24) is 14.3 Å². The lowest BCUT2D eigenvalue weighted by molar-refractivity contribution is 0.103. The number of unbranched alkanes of at least 4 members (excludes halogenated alkanes) is 1. The molecule has 0 fully saturated rings. The van der Waals surface area contributed by atoms with Gasteiger partial charge in [-0.15, -0.1) is 0 Å². The van der Waals surface area contributed by atoms with Gasteiger partial charge in [0.1, 0.15) is 29.5 Å². The van der Waals surface area contributed by atoms with Crippen molar-refractivity contribution in [1.29, 1.82) is 0 Å². The second kappa shape index (κ2) is 11.4. The van der Waals surface area contributed by atoms with Crippen LogP contribution in [0.3, 0.4) is 0 Å². The van der Waals surface area contributed by atoms with Gasteiger partial charge in [0.2, 0.25) is 5.78 Å². The maximum atomic E-state index is 14.0. The molecule has 32 heavy (non-hydrogen) atoms. The first-order valence-corrected chi connectivity index (χ1v) is 12.5. The molecule has 0 aliphatic heterocycles. The van der Waals surface area contributed by atoms with Crippen LogP contribution in [0, 0.1) is 5.82 Å². The molecular formula is C24H28Br2FN3O2. The predicted molar refractivity (Wildman–Crippen MR) is 132 cm³/mol. The SMILES string of the molecule is CCCCc1nc2ccc(F)cn2c1C(=O)c1cc(Br)c(OCCN(CC)CC)c(Br)c1. The van der Waals surface area contributed by atoms with E-state index in [9.17, 15) is 9.18 Å². The van der Waals surface area contributed by atoms with E-state index in [2.05, 4.69) is 62.5 Å². The van der Waals surface area contributed by atoms with Gasteiger partial charge in [0, 0.05) is 18.3 Å². The lowest BCUT2D eigenvalue weighted by Gasteiger charge is -2.19. The summed E-state index contributed by atoms with van der Waals surface area (Å²) in [7, 11) is 0. The number of imidazole rings is 1. The van der Waals surface area contributed by atoms with Crippen molar-refractivity contribution in [3.8, 4) is 5.75 Å². The Labute approximate surface area is 205 Å². The number of halogens is 3. The molecule has 0 aliphatic rings. The first kappa shape index (κ1) is 24.9. The third-order valence-corrected chi connectivity index (χ3v) is 6.62. The van der Waals surface area contributed by atoms with Crippen molar-refractivity contribution in [2.45, 2.75) is 40.0 Å². The van der Waals surface area contributed by atoms with Crippen molar-refractivity contribution in [3.05, 3.63) is 62.2 Å². The van der Waals surface area contributed by atoms with Crippen LogP contribution in [0.5, 0.6) is 5.75 Å². The average Bonchev–Trinajstić information content (AvgIpc) is 3.13. The Kier molecular flexibility index (Phi) is 8.85. The highest BCUT2D eigenvalue weighted by Crippen LogP contribution is 2.36. The number of ketones is 1. The number of nitrogens with zero attached hydrogens (tertiary/aromatic N) is 3. The van der Waals surface area contributed by atoms with Gasteiger partial charge in [-0.05, 0) is 82.1 Å². The fourth-order valence-corrected chi connectivity index (χ4v) is 5.02. The van der Waals surface area contributed by atoms with Crippen LogP contribution in [-0.2, 0) is 6.42 Å². The summed E-state index contributed by atoms with van der Waals surface area (Å²) in [5, 5.41) is 0. The van der Waals surface area contributed by atoms with Crippen molar-refractivity contribution >= 4 is 43.3 Å². The molecule has 5 nitrogen and oxygen atoms in total. The van der Waals surface area contributed by atoms with Gasteiger partial charge >= 0.3 is 0 Å². The van der Waals surface area contributed by atoms with Crippen molar-refractivity contribution < 1.29 is 13.9 Å². The van der Waals surface area contributed by atoms with E-state index in [1.54, 1.807) is 22.6 Å². The fourth-order valence-electron chi connectivity index (χ4n) is 3.61. The summed E-state index contributed by atoms with van der Waals surface area (Å²) in [4.78, 5) is 20.4. The summed E-state index contributed by atoms with van der Waals surface area (Å²) in [5.41, 5.74) is 2.13. The number of hydrogen-bond donors (Lipinski definition) is 0. The predicted octanol–water partition coefficient (Wildman–Crippen LogP) is 6.29. The van der Waals surface area contributed by atoms with Crippen molar-refractivity contribution in [3.63, 3.8) is 0 Å². The number of benzene rings is 1. The minimum atomic E-state index is -0.412. The molecule has 2 heterocycles. The Morgan fingerprint density at radius 2 is 1.84 bits per heavy atom. The standard InChI is InChI=1S/C24H28Br2FN3O2/c1-4-7-8-20-22(30-15-17(27)9-10-21(30)28-20)23(31)16-13-18(25)24(19(26)14-16)32-12-11-29(5-2)6-3/h9-10,13-15H,4-8,11-12H2,1-3H3. The summed E-state index contributed by atoms with van der Waals surface area (Å²) in [6.45, 7) is 9.63. The zero-order chi connectivity index (χ0) is 23.3. The highest BCUT2D eigenvalue weighted by atomic mass is 79.9. The van der Waals surface area contributed by atoms with Gasteiger partial charge in [0.05, 0.1) is 14.6 Å². The molecule has 0 saturated heterocycles. The largest absolute Gasteiger partial charge is 0.490 e. The van der Waals surface area contributed by atoms with E-state index in [0.717, 1.165) is 32.5 Å². The van der Waals surface area contributed by atoms with Crippen LogP contribution < -0.4 is 4.74 Å². The number of hydrogen-bond acceptors (Lipinski definition) is 4. The molecule has 0 atom stereocenters. The molecule has 3 rings (SSSR count). The second-order valence-corrected chi connectivity index (χ2v) is 9.27. The molecular weight excluding hydrogens is 541 g/mol. The number of aromatic nitrogens is 2. The number of fused-ring (bicyclic) bond motifs is 1. The highest BCUT2D eigenvalue weighted by molar-refractivity contribution is 9.11. The van der Waals surface area contributed by atoms with Crippen LogP contribution >= 0.6 is 31.9 Å². The molecule has 2 aromatic heterocycles. The monoisotopic (exact) mass is 567 g/mol. The van der Waals surface area contributed by atoms with Crippen LogP contribution in [-0.4, -0.2) is 46.3 Å². The molecule has 0 unspecified atom stereocenters. The Morgan fingerprint density at radius 3 is 2.47 bits per heavy atom. The Balaban J connectivity index is 1.92. The number of pyridine rings is 1. The average molecular weight is 569 g/mol. The van der Waals surface area contributed by atoms with E-state index in [1.165, 1.54) is 12.3 Å². The molecule has 0 bridgehead atoms. The lowest BCUT2D eigenvalue weighted by atomic mass is 10.0. The molecule has 1 aromatic carbocycles. The van der Waals surface area contributed by atoms with Crippen LogP contribution in [0.4, 0.5) is 4.39 Å². The molecule has 0 amide bonds. The van der Waals surface area contributed by atoms with E-state index in [4.69, 9.17) is 4.74 Å². The van der Waals surface area contributed by atoms with Gasteiger partial charge in [0.25, 0.3) is 0 Å². The second-order valence-electron chi connectivity index (χ2n) is 7.56. The number of aryl methyl sites for hydroxylation is 1. The molecule has 8 heteroatoms. The summed E-state index contributed by atoms with van der Waals surface area (Å²) in [6.07, 6.45) is 3.86. The van der Waals surface area contributed by atoms with Crippen molar-refractivity contribution in [2.75, 3.05) is 26.2 Å². The third-order valence-electron chi connectivity index (χ3n) is 5.45. The minimum Gasteiger partial charge on any atom is -0.490 e. The number of rotatable bonds is 11. The van der Waals surface area contributed by atoms with Gasteiger partial charge in [-0.3, -0.25) is 9.20 Å². The molecule has 0 spiro atoms. The number of ether oxygens (including phenoxy) is 1. The van der Waals surface area contributed by atoms with Gasteiger partial charge in [-0.1, -0.05) is 27.2 Å². The Hall–Kier alpha value is -1.77. The third kappa shape index (κ3) is 5.58. The Morgan fingerprint density at radius 1 is 1.16 bits per heavy atom. The maximum absolute atomic E-state index is 14.0.